The van der Waals surface area contributed by atoms with E-state index in [1.165, 1.54) is 0 Å². The number of aromatic nitrogens is 3. The van der Waals surface area contributed by atoms with E-state index < -0.39 is 4.84 Å². The first-order valence-corrected chi connectivity index (χ1v) is 9.29. The molecule has 5 nitrogen and oxygen atoms in total. The fourth-order valence-electron chi connectivity index (χ4n) is 2.49. The lowest BCUT2D eigenvalue weighted by atomic mass is 10.1. The number of rotatable bonds is 4. The second kappa shape index (κ2) is 7.52. The average Bonchev–Trinajstić information content (AvgIpc) is 3.32. The van der Waals surface area contributed by atoms with E-state index in [1.54, 1.807) is 24.3 Å². The van der Waals surface area contributed by atoms with Gasteiger partial charge in [-0.05, 0) is 24.3 Å². The smallest absolute Gasteiger partial charge is 0.249 e. The molecule has 0 aliphatic rings. The van der Waals surface area contributed by atoms with Crippen LogP contribution in [-0.4, -0.2) is 15.4 Å². The summed E-state index contributed by atoms with van der Waals surface area (Å²) in [4.78, 5) is -0.866. The van der Waals surface area contributed by atoms with Gasteiger partial charge in [0.05, 0.1) is 10.0 Å². The molecule has 0 bridgehead atoms. The van der Waals surface area contributed by atoms with Crippen molar-refractivity contribution in [1.29, 1.82) is 0 Å². The van der Waals surface area contributed by atoms with Crippen LogP contribution in [0, 0.1) is 0 Å². The van der Waals surface area contributed by atoms with E-state index in [-0.39, 0.29) is 5.89 Å². The Morgan fingerprint density at radius 3 is 2.15 bits per heavy atom. The van der Waals surface area contributed by atoms with Gasteiger partial charge in [-0.25, -0.2) is 0 Å². The van der Waals surface area contributed by atoms with E-state index in [4.69, 9.17) is 55.3 Å². The standard InChI is InChI=1S/C18H9Cl4N3O2/c19-11-2-1-3-12(20)15(11)13-8-14(27-25-13)9-4-6-10(7-5-9)17-23-24-18(26-17)16(21)22/h1-8,16H. The van der Waals surface area contributed by atoms with Gasteiger partial charge in [-0.3, -0.25) is 0 Å². The Hall–Kier alpha value is -2.05. The van der Waals surface area contributed by atoms with Crippen LogP contribution in [0.4, 0.5) is 0 Å². The Morgan fingerprint density at radius 1 is 0.852 bits per heavy atom. The summed E-state index contributed by atoms with van der Waals surface area (Å²) in [6.45, 7) is 0. The SMILES string of the molecule is Clc1cccc(Cl)c1-c1cc(-c2ccc(-c3nnc(C(Cl)Cl)o3)cc2)on1. The van der Waals surface area contributed by atoms with Crippen molar-refractivity contribution in [1.82, 2.24) is 15.4 Å². The van der Waals surface area contributed by atoms with Crippen molar-refractivity contribution in [3.05, 3.63) is 64.5 Å². The Kier molecular flexibility index (Phi) is 5.10. The molecule has 2 aromatic heterocycles. The molecule has 0 aliphatic carbocycles. The van der Waals surface area contributed by atoms with Crippen molar-refractivity contribution in [2.75, 3.05) is 0 Å². The zero-order valence-corrected chi connectivity index (χ0v) is 16.4. The van der Waals surface area contributed by atoms with Crippen LogP contribution in [0.3, 0.4) is 0 Å². The van der Waals surface area contributed by atoms with Crippen molar-refractivity contribution < 1.29 is 8.94 Å². The molecular weight excluding hydrogens is 432 g/mol. The lowest BCUT2D eigenvalue weighted by Gasteiger charge is -2.01. The van der Waals surface area contributed by atoms with E-state index in [2.05, 4.69) is 15.4 Å². The van der Waals surface area contributed by atoms with E-state index in [9.17, 15) is 0 Å². The Bertz CT molecular complexity index is 1070. The monoisotopic (exact) mass is 439 g/mol. The summed E-state index contributed by atoms with van der Waals surface area (Å²) in [7, 11) is 0. The fraction of sp³-hybridized carbons (Fsp3) is 0.0556. The van der Waals surface area contributed by atoms with Crippen molar-refractivity contribution >= 4 is 46.4 Å². The van der Waals surface area contributed by atoms with Crippen LogP contribution in [0.5, 0.6) is 0 Å². The Morgan fingerprint density at radius 2 is 1.52 bits per heavy atom. The van der Waals surface area contributed by atoms with Gasteiger partial charge in [-0.15, -0.1) is 10.2 Å². The molecule has 0 saturated heterocycles. The van der Waals surface area contributed by atoms with Gasteiger partial charge >= 0.3 is 0 Å². The van der Waals surface area contributed by atoms with Crippen LogP contribution in [0.25, 0.3) is 34.0 Å². The van der Waals surface area contributed by atoms with Crippen molar-refractivity contribution in [2.24, 2.45) is 0 Å². The molecule has 0 radical (unpaired) electrons. The first-order valence-electron chi connectivity index (χ1n) is 7.66. The summed E-state index contributed by atoms with van der Waals surface area (Å²) < 4.78 is 10.9. The summed E-state index contributed by atoms with van der Waals surface area (Å²) in [5.74, 6) is 1.04. The highest BCUT2D eigenvalue weighted by Gasteiger charge is 2.16. The van der Waals surface area contributed by atoms with Crippen LogP contribution in [0.2, 0.25) is 10.0 Å². The molecule has 0 saturated carbocycles. The average molecular weight is 441 g/mol. The molecule has 4 rings (SSSR count). The molecule has 9 heteroatoms. The third kappa shape index (κ3) is 3.69. The molecule has 4 aromatic rings. The van der Waals surface area contributed by atoms with Crippen LogP contribution >= 0.6 is 46.4 Å². The molecule has 136 valence electrons. The maximum absolute atomic E-state index is 6.22. The highest BCUT2D eigenvalue weighted by atomic mass is 35.5. The molecule has 0 aliphatic heterocycles. The van der Waals surface area contributed by atoms with E-state index in [0.29, 0.717) is 33.0 Å². The van der Waals surface area contributed by atoms with E-state index in [1.807, 2.05) is 24.3 Å². The van der Waals surface area contributed by atoms with Gasteiger partial charge in [0.25, 0.3) is 0 Å². The summed E-state index contributed by atoms with van der Waals surface area (Å²) >= 11 is 23.9. The molecule has 0 atom stereocenters. The predicted molar refractivity (Wildman–Crippen MR) is 105 cm³/mol. The molecule has 2 heterocycles. The molecule has 0 spiro atoms. The lowest BCUT2D eigenvalue weighted by molar-refractivity contribution is 0.435. The van der Waals surface area contributed by atoms with Gasteiger partial charge in [0.1, 0.15) is 5.69 Å². The third-order valence-electron chi connectivity index (χ3n) is 3.77. The Labute approximate surface area is 173 Å². The molecule has 0 fully saturated rings. The number of benzene rings is 2. The quantitative estimate of drug-likeness (QED) is 0.325. The van der Waals surface area contributed by atoms with Gasteiger partial charge in [0, 0.05) is 22.8 Å². The largest absolute Gasteiger partial charge is 0.418 e. The van der Waals surface area contributed by atoms with Gasteiger partial charge in [0.15, 0.2) is 10.6 Å². The zero-order valence-electron chi connectivity index (χ0n) is 13.4. The molecule has 27 heavy (non-hydrogen) atoms. The summed E-state index contributed by atoms with van der Waals surface area (Å²) in [5, 5.41) is 12.8. The second-order valence-electron chi connectivity index (χ2n) is 5.50. The molecule has 0 unspecified atom stereocenters. The van der Waals surface area contributed by atoms with Gasteiger partial charge in [-0.2, -0.15) is 0 Å². The maximum Gasteiger partial charge on any atom is 0.249 e. The fourth-order valence-corrected chi connectivity index (χ4v) is 3.26. The highest BCUT2D eigenvalue weighted by molar-refractivity contribution is 6.43. The van der Waals surface area contributed by atoms with Crippen molar-refractivity contribution in [3.63, 3.8) is 0 Å². The van der Waals surface area contributed by atoms with Gasteiger partial charge in [-0.1, -0.05) is 69.8 Å². The van der Waals surface area contributed by atoms with Crippen molar-refractivity contribution in [2.45, 2.75) is 4.84 Å². The summed E-state index contributed by atoms with van der Waals surface area (Å²) in [6.07, 6.45) is 0. The minimum absolute atomic E-state index is 0.147. The predicted octanol–water partition coefficient (Wildman–Crippen LogP) is 6.84. The van der Waals surface area contributed by atoms with Crippen LogP contribution < -0.4 is 0 Å². The maximum atomic E-state index is 6.22. The number of nitrogens with zero attached hydrogens (tertiary/aromatic N) is 3. The van der Waals surface area contributed by atoms with E-state index in [0.717, 1.165) is 11.1 Å². The number of hydrogen-bond donors (Lipinski definition) is 0. The third-order valence-corrected chi connectivity index (χ3v) is 4.78. The topological polar surface area (TPSA) is 65.0 Å². The number of alkyl halides is 2. The first-order chi connectivity index (χ1) is 13.0. The highest BCUT2D eigenvalue weighted by Crippen LogP contribution is 2.36. The molecule has 2 aromatic carbocycles. The van der Waals surface area contributed by atoms with Crippen molar-refractivity contribution in [3.8, 4) is 34.0 Å². The number of halogens is 4. The van der Waals surface area contributed by atoms with Crippen LogP contribution in [0.1, 0.15) is 10.7 Å². The van der Waals surface area contributed by atoms with Gasteiger partial charge in [0.2, 0.25) is 11.8 Å². The van der Waals surface area contributed by atoms with E-state index >= 15 is 0 Å². The summed E-state index contributed by atoms with van der Waals surface area (Å²) in [5.41, 5.74) is 2.72. The minimum atomic E-state index is -0.866. The second-order valence-corrected chi connectivity index (χ2v) is 7.41. The normalized spacial score (nSPS) is 11.3. The summed E-state index contributed by atoms with van der Waals surface area (Å²) in [6, 6.07) is 14.4. The number of hydrogen-bond acceptors (Lipinski definition) is 5. The Balaban J connectivity index is 1.62. The molecule has 0 N–H and O–H groups in total. The molecule has 0 amide bonds. The van der Waals surface area contributed by atoms with Crippen LogP contribution in [0.15, 0.2) is 57.5 Å². The lowest BCUT2D eigenvalue weighted by Crippen LogP contribution is -1.81. The van der Waals surface area contributed by atoms with Crippen LogP contribution in [-0.2, 0) is 0 Å². The zero-order chi connectivity index (χ0) is 19.0. The minimum Gasteiger partial charge on any atom is -0.418 e. The first kappa shape index (κ1) is 18.3. The van der Waals surface area contributed by atoms with Gasteiger partial charge < -0.3 is 8.94 Å². The molecular formula is C18H9Cl4N3O2.